The molecule has 6 nitrogen and oxygen atoms in total. The maximum Gasteiger partial charge on any atom is 0.250 e. The van der Waals surface area contributed by atoms with Gasteiger partial charge in [-0.15, -0.1) is 0 Å². The first-order valence-corrected chi connectivity index (χ1v) is 10.7. The molecule has 1 saturated heterocycles. The lowest BCUT2D eigenvalue weighted by molar-refractivity contribution is -0.142. The normalized spacial score (nSPS) is 36.8. The van der Waals surface area contributed by atoms with E-state index in [1.807, 2.05) is 12.1 Å². The quantitative estimate of drug-likeness (QED) is 0.865. The summed E-state index contributed by atoms with van der Waals surface area (Å²) in [6.45, 7) is 2.72. The van der Waals surface area contributed by atoms with Gasteiger partial charge >= 0.3 is 0 Å². The summed E-state index contributed by atoms with van der Waals surface area (Å²) < 4.78 is 5.83. The Morgan fingerprint density at radius 2 is 1.96 bits per heavy atom. The van der Waals surface area contributed by atoms with E-state index in [0.717, 1.165) is 30.5 Å². The topological polar surface area (TPSA) is 78.2 Å². The molecule has 1 aromatic heterocycles. The number of pyridine rings is 1. The molecule has 0 radical (unpaired) electrons. The third kappa shape index (κ3) is 3.54. The lowest BCUT2D eigenvalue weighted by atomic mass is 9.54. The number of hydrogen-bond acceptors (Lipinski definition) is 5. The van der Waals surface area contributed by atoms with Gasteiger partial charge < -0.3 is 10.1 Å². The molecule has 28 heavy (non-hydrogen) atoms. The maximum atomic E-state index is 13.0. The van der Waals surface area contributed by atoms with Gasteiger partial charge in [-0.2, -0.15) is 5.26 Å². The van der Waals surface area contributed by atoms with Crippen LogP contribution in [0.5, 0.6) is 0 Å². The Hall–Kier alpha value is -1.97. The van der Waals surface area contributed by atoms with Crippen LogP contribution in [0.15, 0.2) is 18.3 Å². The van der Waals surface area contributed by atoms with Crippen molar-refractivity contribution < 1.29 is 9.53 Å². The van der Waals surface area contributed by atoms with Crippen LogP contribution in [0.1, 0.15) is 43.4 Å². The van der Waals surface area contributed by atoms with Crippen LogP contribution in [0.3, 0.4) is 0 Å². The monoisotopic (exact) mass is 380 g/mol. The van der Waals surface area contributed by atoms with E-state index in [2.05, 4.69) is 15.2 Å². The van der Waals surface area contributed by atoms with E-state index in [1.165, 1.54) is 32.1 Å². The number of amides is 1. The number of rotatable bonds is 4. The van der Waals surface area contributed by atoms with Crippen LogP contribution in [0.4, 0.5) is 0 Å². The van der Waals surface area contributed by atoms with Crippen LogP contribution >= 0.6 is 0 Å². The number of morpholine rings is 1. The van der Waals surface area contributed by atoms with E-state index in [1.54, 1.807) is 12.3 Å². The maximum absolute atomic E-state index is 13.0. The Morgan fingerprint density at radius 1 is 1.21 bits per heavy atom. The lowest BCUT2D eigenvalue weighted by Gasteiger charge is -2.54. The second-order valence-corrected chi connectivity index (χ2v) is 9.22. The summed E-state index contributed by atoms with van der Waals surface area (Å²) in [6, 6.07) is 6.08. The van der Waals surface area contributed by atoms with Gasteiger partial charge in [0, 0.05) is 31.9 Å². The van der Waals surface area contributed by atoms with Crippen molar-refractivity contribution in [3.05, 3.63) is 29.6 Å². The minimum Gasteiger partial charge on any atom is -0.366 e. The molecule has 4 saturated carbocycles. The Labute approximate surface area is 166 Å². The van der Waals surface area contributed by atoms with Crippen molar-refractivity contribution in [1.82, 2.24) is 15.2 Å². The number of carbonyl (C=O) groups is 1. The summed E-state index contributed by atoms with van der Waals surface area (Å²) >= 11 is 0. The summed E-state index contributed by atoms with van der Waals surface area (Å²) in [5.41, 5.74) is 1.49. The van der Waals surface area contributed by atoms with Gasteiger partial charge in [0.1, 0.15) is 17.9 Å². The standard InChI is InChI=1S/C22H28N4O2/c23-10-19-2-1-14(11-24-19)12-26-3-4-28-20(13-26)22(27)25-21-17-6-15-5-16(8-17)9-18(21)7-15/h1-2,11,15-18,20-21H,3-9,12-13H2,(H,25,27). The highest BCUT2D eigenvalue weighted by molar-refractivity contribution is 5.81. The van der Waals surface area contributed by atoms with Crippen molar-refractivity contribution in [2.24, 2.45) is 23.7 Å². The Morgan fingerprint density at radius 3 is 2.61 bits per heavy atom. The van der Waals surface area contributed by atoms with Crippen LogP contribution < -0.4 is 5.32 Å². The molecule has 148 valence electrons. The highest BCUT2D eigenvalue weighted by atomic mass is 16.5. The Bertz CT molecular complexity index is 744. The summed E-state index contributed by atoms with van der Waals surface area (Å²) in [5.74, 6) is 3.27. The summed E-state index contributed by atoms with van der Waals surface area (Å²) in [5, 5.41) is 12.3. The first-order valence-electron chi connectivity index (χ1n) is 10.7. The predicted molar refractivity (Wildman–Crippen MR) is 103 cm³/mol. The number of carbonyl (C=O) groups excluding carboxylic acids is 1. The molecule has 6 rings (SSSR count). The number of nitrogens with zero attached hydrogens (tertiary/aromatic N) is 3. The number of nitrogens with one attached hydrogen (secondary N) is 1. The third-order valence-electron chi connectivity index (χ3n) is 7.32. The molecule has 6 heteroatoms. The van der Waals surface area contributed by atoms with Crippen molar-refractivity contribution in [3.63, 3.8) is 0 Å². The van der Waals surface area contributed by atoms with E-state index < -0.39 is 6.10 Å². The highest BCUT2D eigenvalue weighted by Crippen LogP contribution is 2.53. The first kappa shape index (κ1) is 18.1. The first-order chi connectivity index (χ1) is 13.7. The molecular formula is C22H28N4O2. The van der Waals surface area contributed by atoms with E-state index in [-0.39, 0.29) is 5.91 Å². The lowest BCUT2D eigenvalue weighted by Crippen LogP contribution is -2.59. The summed E-state index contributed by atoms with van der Waals surface area (Å²) in [7, 11) is 0. The Kier molecular flexibility index (Phi) is 4.82. The molecule has 1 N–H and O–H groups in total. The highest BCUT2D eigenvalue weighted by Gasteiger charge is 2.49. The SMILES string of the molecule is N#Cc1ccc(CN2CCOC(C(=O)NC3C4CC5CC(C4)CC3C5)C2)cn1. The molecule has 4 bridgehead atoms. The van der Waals surface area contributed by atoms with Crippen molar-refractivity contribution in [3.8, 4) is 6.07 Å². The summed E-state index contributed by atoms with van der Waals surface area (Å²) in [6.07, 6.45) is 8.01. The minimum absolute atomic E-state index is 0.0696. The smallest absolute Gasteiger partial charge is 0.250 e. The molecule has 5 aliphatic rings. The van der Waals surface area contributed by atoms with E-state index >= 15 is 0 Å². The average molecular weight is 380 g/mol. The zero-order valence-electron chi connectivity index (χ0n) is 16.2. The van der Waals surface area contributed by atoms with Crippen LogP contribution in [0.25, 0.3) is 0 Å². The molecule has 0 aromatic carbocycles. The number of aromatic nitrogens is 1. The van der Waals surface area contributed by atoms with Gasteiger partial charge in [0.2, 0.25) is 0 Å². The average Bonchev–Trinajstić information content (AvgIpc) is 2.71. The zero-order valence-corrected chi connectivity index (χ0v) is 16.2. The van der Waals surface area contributed by atoms with Crippen molar-refractivity contribution >= 4 is 5.91 Å². The van der Waals surface area contributed by atoms with E-state index in [4.69, 9.17) is 10.00 Å². The molecule has 5 fully saturated rings. The van der Waals surface area contributed by atoms with Gasteiger partial charge in [-0.25, -0.2) is 4.98 Å². The van der Waals surface area contributed by atoms with Gasteiger partial charge in [0.15, 0.2) is 0 Å². The van der Waals surface area contributed by atoms with Gasteiger partial charge in [-0.3, -0.25) is 9.69 Å². The van der Waals surface area contributed by atoms with Gasteiger partial charge in [-0.1, -0.05) is 6.07 Å². The zero-order chi connectivity index (χ0) is 19.1. The molecule has 1 unspecified atom stereocenters. The van der Waals surface area contributed by atoms with Crippen LogP contribution in [-0.2, 0) is 16.1 Å². The molecule has 0 spiro atoms. The molecule has 1 amide bonds. The second-order valence-electron chi connectivity index (χ2n) is 9.22. The van der Waals surface area contributed by atoms with E-state index in [9.17, 15) is 4.79 Å². The Balaban J connectivity index is 1.18. The van der Waals surface area contributed by atoms with Gasteiger partial charge in [0.25, 0.3) is 5.91 Å². The summed E-state index contributed by atoms with van der Waals surface area (Å²) in [4.78, 5) is 19.3. The molecule has 4 aliphatic carbocycles. The third-order valence-corrected chi connectivity index (χ3v) is 7.32. The second kappa shape index (κ2) is 7.46. The number of hydrogen-bond donors (Lipinski definition) is 1. The van der Waals surface area contributed by atoms with Crippen LogP contribution in [-0.4, -0.2) is 47.6 Å². The number of ether oxygens (including phenoxy) is 1. The van der Waals surface area contributed by atoms with Crippen molar-refractivity contribution in [2.45, 2.75) is 50.8 Å². The molecule has 1 atom stereocenters. The fraction of sp³-hybridized carbons (Fsp3) is 0.682. The van der Waals surface area contributed by atoms with Gasteiger partial charge in [0.05, 0.1) is 6.61 Å². The molecule has 1 aromatic rings. The van der Waals surface area contributed by atoms with Crippen LogP contribution in [0, 0.1) is 35.0 Å². The largest absolute Gasteiger partial charge is 0.366 e. The fourth-order valence-corrected chi connectivity index (χ4v) is 6.27. The molecular weight excluding hydrogens is 352 g/mol. The molecule has 1 aliphatic heterocycles. The van der Waals surface area contributed by atoms with Crippen molar-refractivity contribution in [1.29, 1.82) is 5.26 Å². The van der Waals surface area contributed by atoms with Gasteiger partial charge in [-0.05, 0) is 67.4 Å². The molecule has 2 heterocycles. The van der Waals surface area contributed by atoms with Crippen molar-refractivity contribution in [2.75, 3.05) is 19.7 Å². The fourth-order valence-electron chi connectivity index (χ4n) is 6.27. The number of nitriles is 1. The van der Waals surface area contributed by atoms with E-state index in [0.29, 0.717) is 36.7 Å². The van der Waals surface area contributed by atoms with Crippen LogP contribution in [0.2, 0.25) is 0 Å². The minimum atomic E-state index is -0.391. The predicted octanol–water partition coefficient (Wildman–Crippen LogP) is 2.09.